The Morgan fingerprint density at radius 3 is 0.767 bits per heavy atom. The van der Waals surface area contributed by atoms with Crippen LogP contribution in [0.5, 0.6) is 0 Å². The predicted molar refractivity (Wildman–Crippen MR) is 197 cm³/mol. The summed E-state index contributed by atoms with van der Waals surface area (Å²) < 4.78 is 10.1. The molecule has 0 atom stereocenters. The lowest BCUT2D eigenvalue weighted by molar-refractivity contribution is 0.417. The molecule has 0 bridgehead atoms. The lowest BCUT2D eigenvalue weighted by atomic mass is 9.96. The van der Waals surface area contributed by atoms with Gasteiger partial charge < -0.3 is 18.3 Å². The summed E-state index contributed by atoms with van der Waals surface area (Å²) in [7, 11) is -6.24. The average Bonchev–Trinajstić information content (AvgIpc) is 3.19. The number of hydrogen-bond donors (Lipinski definition) is 0. The molecule has 2 aromatic carbocycles. The van der Waals surface area contributed by atoms with Crippen LogP contribution in [0.15, 0.2) is 48.5 Å². The number of para-hydroxylation sites is 4. The van der Waals surface area contributed by atoms with Crippen molar-refractivity contribution in [1.29, 1.82) is 0 Å². The molecular formula is C35H58Cl2N4Si2. The molecule has 0 amide bonds. The van der Waals surface area contributed by atoms with E-state index in [2.05, 4.69) is 164 Å². The van der Waals surface area contributed by atoms with E-state index < -0.39 is 20.1 Å². The normalized spacial score (nSPS) is 18.8. The average molecular weight is 662 g/mol. The molecule has 0 N–H and O–H groups in total. The maximum atomic E-state index is 8.65. The Morgan fingerprint density at radius 2 is 0.605 bits per heavy atom. The minimum absolute atomic E-state index is 0.0456. The highest BCUT2D eigenvalue weighted by Gasteiger charge is 2.76. The number of rotatable bonds is 6. The summed E-state index contributed by atoms with van der Waals surface area (Å²) in [6.07, 6.45) is 0. The van der Waals surface area contributed by atoms with Crippen molar-refractivity contribution < 1.29 is 0 Å². The molecule has 0 saturated carbocycles. The van der Waals surface area contributed by atoms with Crippen molar-refractivity contribution in [3.8, 4) is 0 Å². The molecule has 0 aliphatic carbocycles. The molecule has 0 radical (unpaired) electrons. The Hall–Kier alpha value is -1.35. The fourth-order valence-electron chi connectivity index (χ4n) is 6.98. The smallest absolute Gasteiger partial charge is 0.367 e. The van der Waals surface area contributed by atoms with Crippen LogP contribution < -0.4 is 18.3 Å². The van der Waals surface area contributed by atoms with Crippen LogP contribution in [0.2, 0.25) is 4.66 Å². The van der Waals surface area contributed by atoms with Gasteiger partial charge in [0, 0.05) is 26.2 Å². The van der Waals surface area contributed by atoms with E-state index in [9.17, 15) is 0 Å². The first kappa shape index (κ1) is 34.5. The van der Waals surface area contributed by atoms with Gasteiger partial charge in [-0.1, -0.05) is 121 Å². The van der Waals surface area contributed by atoms with Gasteiger partial charge in [-0.2, -0.15) is 0 Å². The van der Waals surface area contributed by atoms with Crippen LogP contribution in [0.25, 0.3) is 0 Å². The van der Waals surface area contributed by atoms with Crippen LogP contribution in [0, 0.1) is 21.7 Å². The van der Waals surface area contributed by atoms with Crippen LogP contribution in [0.3, 0.4) is 0 Å². The number of hydrogen-bond acceptors (Lipinski definition) is 4. The molecule has 2 aromatic rings. The van der Waals surface area contributed by atoms with E-state index in [1.165, 1.54) is 22.7 Å². The largest absolute Gasteiger partial charge is 0.373 e. The molecule has 240 valence electrons. The lowest BCUT2D eigenvalue weighted by Gasteiger charge is -2.58. The SMILES string of the molecule is CC(C)(C)CN1c2ccccc2N(CC(C)(C)C)[Si]1(Cl)C(C)(C)[Si]1(Cl)N(CC(C)(C)C)c2ccccc2N1CC(C)(C)C. The van der Waals surface area contributed by atoms with Gasteiger partial charge in [0.2, 0.25) is 0 Å². The van der Waals surface area contributed by atoms with Gasteiger partial charge in [0.25, 0.3) is 0 Å². The third-order valence-corrected chi connectivity index (χ3v) is 24.4. The zero-order valence-corrected chi connectivity index (χ0v) is 33.0. The highest BCUT2D eigenvalue weighted by atomic mass is 35.6. The molecular weight excluding hydrogens is 603 g/mol. The van der Waals surface area contributed by atoms with Gasteiger partial charge in [-0.15, -0.1) is 22.2 Å². The number of fused-ring (bicyclic) bond motifs is 2. The third-order valence-electron chi connectivity index (χ3n) is 8.48. The van der Waals surface area contributed by atoms with Crippen LogP contribution in [-0.2, 0) is 0 Å². The number of nitrogens with zero attached hydrogens (tertiary/aromatic N) is 4. The van der Waals surface area contributed by atoms with E-state index in [0.717, 1.165) is 26.2 Å². The zero-order valence-electron chi connectivity index (χ0n) is 29.5. The summed E-state index contributed by atoms with van der Waals surface area (Å²) in [5, 5.41) is 0. The van der Waals surface area contributed by atoms with Gasteiger partial charge in [-0.05, 0) is 45.9 Å². The van der Waals surface area contributed by atoms with Gasteiger partial charge in [0.1, 0.15) is 0 Å². The van der Waals surface area contributed by atoms with Gasteiger partial charge >= 0.3 is 15.4 Å². The zero-order chi connectivity index (χ0) is 32.6. The van der Waals surface area contributed by atoms with Crippen molar-refractivity contribution in [2.24, 2.45) is 21.7 Å². The van der Waals surface area contributed by atoms with E-state index in [4.69, 9.17) is 22.2 Å². The van der Waals surface area contributed by atoms with Crippen LogP contribution in [0.4, 0.5) is 22.7 Å². The molecule has 0 unspecified atom stereocenters. The molecule has 0 saturated heterocycles. The van der Waals surface area contributed by atoms with Gasteiger partial charge in [0.05, 0.1) is 27.4 Å². The number of halogens is 2. The predicted octanol–water partition coefficient (Wildman–Crippen LogP) is 10.5. The van der Waals surface area contributed by atoms with Crippen molar-refractivity contribution in [3.63, 3.8) is 0 Å². The van der Waals surface area contributed by atoms with Crippen molar-refractivity contribution in [2.45, 2.75) is 102 Å². The van der Waals surface area contributed by atoms with Crippen molar-refractivity contribution in [2.75, 3.05) is 44.4 Å². The fourth-order valence-corrected chi connectivity index (χ4v) is 22.9. The topological polar surface area (TPSA) is 13.0 Å². The Kier molecular flexibility index (Phi) is 8.74. The van der Waals surface area contributed by atoms with E-state index >= 15 is 0 Å². The molecule has 0 fully saturated rings. The highest BCUT2D eigenvalue weighted by Crippen LogP contribution is 2.64. The summed E-state index contributed by atoms with van der Waals surface area (Å²) in [5.74, 6) is 0. The summed E-state index contributed by atoms with van der Waals surface area (Å²) in [6, 6.07) is 17.8. The molecule has 43 heavy (non-hydrogen) atoms. The third kappa shape index (κ3) is 6.24. The maximum Gasteiger partial charge on any atom is 0.373 e. The molecule has 4 nitrogen and oxygen atoms in total. The number of anilines is 4. The quantitative estimate of drug-likeness (QED) is 0.226. The molecule has 2 aliphatic rings. The minimum atomic E-state index is -3.12. The van der Waals surface area contributed by atoms with E-state index in [-0.39, 0.29) is 21.7 Å². The van der Waals surface area contributed by atoms with E-state index in [1.54, 1.807) is 0 Å². The van der Waals surface area contributed by atoms with Crippen LogP contribution >= 0.6 is 22.2 Å². The maximum absolute atomic E-state index is 8.65. The standard InChI is InChI=1S/C35H58Cl2N4Si2/c1-31(2,3)23-38-27-19-15-16-20-28(27)39(24-32(4,5)6)42(38,36)35(13,14)43(37)40(25-33(7,8)9)29-21-17-18-22-30(29)41(43)26-34(10,11)12/h15-22H,23-26H2,1-14H3. The molecule has 0 spiro atoms. The van der Waals surface area contributed by atoms with Crippen LogP contribution in [0.1, 0.15) is 96.9 Å². The summed E-state index contributed by atoms with van der Waals surface area (Å²) in [5.41, 5.74) is 5.20. The Morgan fingerprint density at radius 1 is 0.419 bits per heavy atom. The lowest BCUT2D eigenvalue weighted by Crippen LogP contribution is -2.79. The van der Waals surface area contributed by atoms with Gasteiger partial charge in [-0.25, -0.2) is 0 Å². The minimum Gasteiger partial charge on any atom is -0.367 e. The number of benzene rings is 2. The Labute approximate surface area is 275 Å². The van der Waals surface area contributed by atoms with Gasteiger partial charge in [0.15, 0.2) is 0 Å². The monoisotopic (exact) mass is 660 g/mol. The second kappa shape index (κ2) is 10.9. The molecule has 2 heterocycles. The van der Waals surface area contributed by atoms with E-state index in [1.807, 2.05) is 0 Å². The second-order valence-corrected chi connectivity index (χ2v) is 29.0. The first-order valence-corrected chi connectivity index (χ1v) is 21.8. The van der Waals surface area contributed by atoms with Crippen LogP contribution in [-0.4, -0.2) is 41.6 Å². The summed E-state index contributed by atoms with van der Waals surface area (Å²) >= 11 is 17.3. The van der Waals surface area contributed by atoms with Crippen molar-refractivity contribution in [3.05, 3.63) is 48.5 Å². The summed E-state index contributed by atoms with van der Waals surface area (Å²) in [4.78, 5) is 0. The first-order valence-electron chi connectivity index (χ1n) is 16.0. The summed E-state index contributed by atoms with van der Waals surface area (Å²) in [6.45, 7) is 36.3. The van der Waals surface area contributed by atoms with Crippen molar-refractivity contribution in [1.82, 2.24) is 0 Å². The van der Waals surface area contributed by atoms with E-state index in [0.29, 0.717) is 0 Å². The van der Waals surface area contributed by atoms with Crippen molar-refractivity contribution >= 4 is 60.3 Å². The molecule has 0 aromatic heterocycles. The first-order chi connectivity index (χ1) is 19.3. The second-order valence-electron chi connectivity index (χ2n) is 18.4. The van der Waals surface area contributed by atoms with Gasteiger partial charge in [-0.3, -0.25) is 0 Å². The molecule has 8 heteroatoms. The molecule has 2 aliphatic heterocycles. The fraction of sp³-hybridized carbons (Fsp3) is 0.657. The Bertz CT molecular complexity index is 1130. The highest BCUT2D eigenvalue weighted by molar-refractivity contribution is 7.39. The molecule has 4 rings (SSSR count). The Balaban J connectivity index is 2.06.